The van der Waals surface area contributed by atoms with Crippen molar-refractivity contribution in [2.24, 2.45) is 5.41 Å². The molecule has 1 rings (SSSR count). The summed E-state index contributed by atoms with van der Waals surface area (Å²) in [4.78, 5) is 2.35. The minimum atomic E-state index is -0.0855. The summed E-state index contributed by atoms with van der Waals surface area (Å²) in [5, 5.41) is 8.88. The fourth-order valence-electron chi connectivity index (χ4n) is 5.63. The zero-order valence-electron chi connectivity index (χ0n) is 21.9. The molecule has 30 heavy (non-hydrogen) atoms. The maximum Gasteiger partial charge on any atom is 0.229 e. The summed E-state index contributed by atoms with van der Waals surface area (Å²) in [5.41, 5.74) is 1.37. The summed E-state index contributed by atoms with van der Waals surface area (Å²) in [6.45, 7) is 22.2. The van der Waals surface area contributed by atoms with Gasteiger partial charge in [0.2, 0.25) is 6.85 Å². The third-order valence-corrected chi connectivity index (χ3v) is 7.40. The second-order valence-corrected chi connectivity index (χ2v) is 12.6. The second-order valence-electron chi connectivity index (χ2n) is 12.6. The topological polar surface area (TPSA) is 27.1 Å². The van der Waals surface area contributed by atoms with Crippen LogP contribution in [-0.2, 0) is 0 Å². The van der Waals surface area contributed by atoms with Gasteiger partial charge in [-0.2, -0.15) is 0 Å². The molecule has 0 saturated carbocycles. The molecule has 0 amide bonds. The average Bonchev–Trinajstić information content (AvgIpc) is 2.63. The molecule has 0 aromatic heterocycles. The van der Waals surface area contributed by atoms with Gasteiger partial charge < -0.3 is 10.2 Å². The normalized spacial score (nSPS) is 16.7. The molecule has 0 spiro atoms. The highest BCUT2D eigenvalue weighted by Crippen LogP contribution is 2.50. The highest BCUT2D eigenvalue weighted by atomic mass is 15.0. The molecule has 2 unspecified atom stereocenters. The predicted molar refractivity (Wildman–Crippen MR) is 140 cm³/mol. The van der Waals surface area contributed by atoms with Crippen LogP contribution < -0.4 is 5.46 Å². The Morgan fingerprint density at radius 2 is 1.40 bits per heavy atom. The summed E-state index contributed by atoms with van der Waals surface area (Å²) in [5.74, 6) is 0. The van der Waals surface area contributed by atoms with Crippen LogP contribution in [0.5, 0.6) is 0 Å². The number of hydrogen-bond donors (Lipinski definition) is 1. The van der Waals surface area contributed by atoms with Crippen LogP contribution in [0.1, 0.15) is 81.6 Å². The first kappa shape index (κ1) is 27.0. The molecule has 4 heteroatoms. The van der Waals surface area contributed by atoms with Gasteiger partial charge in [-0.05, 0) is 42.9 Å². The average molecular weight is 410 g/mol. The Bertz CT molecular complexity index is 660. The van der Waals surface area contributed by atoms with Gasteiger partial charge in [0.1, 0.15) is 0 Å². The van der Waals surface area contributed by atoms with Gasteiger partial charge in [0.05, 0.1) is 0 Å². The van der Waals surface area contributed by atoms with Crippen LogP contribution in [0, 0.1) is 10.8 Å². The van der Waals surface area contributed by atoms with Crippen molar-refractivity contribution < 1.29 is 0 Å². The van der Waals surface area contributed by atoms with Crippen molar-refractivity contribution in [3.8, 4) is 0 Å². The number of benzene rings is 1. The monoisotopic (exact) mass is 410 g/mol. The molecule has 1 aromatic rings. The van der Waals surface area contributed by atoms with Crippen molar-refractivity contribution in [3.05, 3.63) is 30.3 Å². The van der Waals surface area contributed by atoms with Crippen LogP contribution in [0.4, 0.5) is 0 Å². The van der Waals surface area contributed by atoms with E-state index >= 15 is 0 Å². The Kier molecular flexibility index (Phi) is 9.06. The molecular formula is C26H48B2N2. The van der Waals surface area contributed by atoms with E-state index in [9.17, 15) is 0 Å². The molecule has 2 atom stereocenters. The van der Waals surface area contributed by atoms with Gasteiger partial charge in [0.15, 0.2) is 6.71 Å². The summed E-state index contributed by atoms with van der Waals surface area (Å²) in [7, 11) is 4.36. The highest BCUT2D eigenvalue weighted by Gasteiger charge is 2.46. The molecule has 1 N–H and O–H groups in total. The largest absolute Gasteiger partial charge is 0.347 e. The Balaban J connectivity index is 3.19. The summed E-state index contributed by atoms with van der Waals surface area (Å²) >= 11 is 0. The van der Waals surface area contributed by atoms with Crippen LogP contribution in [0.15, 0.2) is 30.3 Å². The van der Waals surface area contributed by atoms with E-state index in [2.05, 4.69) is 112 Å². The zero-order valence-corrected chi connectivity index (χ0v) is 21.9. The quantitative estimate of drug-likeness (QED) is 0.322. The van der Waals surface area contributed by atoms with Crippen molar-refractivity contribution in [1.82, 2.24) is 4.81 Å². The molecule has 0 bridgehead atoms. The molecule has 0 aliphatic heterocycles. The summed E-state index contributed by atoms with van der Waals surface area (Å²) < 4.78 is 0. The van der Waals surface area contributed by atoms with E-state index in [1.165, 1.54) is 5.46 Å². The fourth-order valence-corrected chi connectivity index (χ4v) is 5.63. The van der Waals surface area contributed by atoms with Gasteiger partial charge in [-0.25, -0.2) is 0 Å². The second kappa shape index (κ2) is 10.1. The summed E-state index contributed by atoms with van der Waals surface area (Å²) in [6.07, 6.45) is 6.10. The smallest absolute Gasteiger partial charge is 0.229 e. The molecule has 2 nitrogen and oxygen atoms in total. The number of nitrogens with one attached hydrogen (secondary N) is 1. The lowest BCUT2D eigenvalue weighted by Crippen LogP contribution is -2.49. The van der Waals surface area contributed by atoms with E-state index < -0.39 is 0 Å². The van der Waals surface area contributed by atoms with Crippen LogP contribution >= 0.6 is 0 Å². The van der Waals surface area contributed by atoms with Crippen molar-refractivity contribution >= 4 is 25.2 Å². The number of nitrogens with zero attached hydrogens (tertiary/aromatic N) is 1. The van der Waals surface area contributed by atoms with Crippen molar-refractivity contribution in [3.63, 3.8) is 0 Å². The first-order valence-corrected chi connectivity index (χ1v) is 11.8. The zero-order chi connectivity index (χ0) is 23.4. The lowest BCUT2D eigenvalue weighted by molar-refractivity contribution is 0.384. The lowest BCUT2D eigenvalue weighted by Gasteiger charge is -2.45. The predicted octanol–water partition coefficient (Wildman–Crippen LogP) is 7.15. The van der Waals surface area contributed by atoms with E-state index in [1.807, 2.05) is 0 Å². The maximum atomic E-state index is 8.31. The number of hydrogen-bond acceptors (Lipinski definition) is 2. The summed E-state index contributed by atoms with van der Waals surface area (Å²) in [6, 6.07) is 11.1. The molecule has 0 aliphatic carbocycles. The highest BCUT2D eigenvalue weighted by molar-refractivity contribution is 6.78. The van der Waals surface area contributed by atoms with Crippen molar-refractivity contribution in [1.29, 1.82) is 5.41 Å². The van der Waals surface area contributed by atoms with Gasteiger partial charge in [0, 0.05) is 6.21 Å². The van der Waals surface area contributed by atoms with Crippen molar-refractivity contribution in [2.75, 3.05) is 14.1 Å². The standard InChI is InChI=1S/C26H48B2N2/c1-12-26(9,28(24(5,6)7)22-16-14-13-15-17-22)19-18-25(8,21-29)20-27(30(10)11)23(2,3)4/h13-17,21,29H,12,18-20H2,1-11H3. The Morgan fingerprint density at radius 1 is 0.867 bits per heavy atom. The van der Waals surface area contributed by atoms with Gasteiger partial charge in [0.25, 0.3) is 0 Å². The fraction of sp³-hybridized carbons (Fsp3) is 0.731. The maximum absolute atomic E-state index is 8.31. The van der Waals surface area contributed by atoms with Gasteiger partial charge in [-0.15, -0.1) is 0 Å². The third-order valence-electron chi connectivity index (χ3n) is 7.40. The van der Waals surface area contributed by atoms with Crippen LogP contribution in [-0.4, -0.2) is 38.7 Å². The Morgan fingerprint density at radius 3 is 1.77 bits per heavy atom. The molecule has 0 fully saturated rings. The minimum Gasteiger partial charge on any atom is -0.347 e. The molecular weight excluding hydrogens is 362 g/mol. The van der Waals surface area contributed by atoms with Crippen LogP contribution in [0.2, 0.25) is 22.3 Å². The Hall–Kier alpha value is -1.02. The van der Waals surface area contributed by atoms with E-state index in [0.717, 1.165) is 25.6 Å². The molecule has 168 valence electrons. The third kappa shape index (κ3) is 7.01. The van der Waals surface area contributed by atoms with Crippen LogP contribution in [0.25, 0.3) is 0 Å². The van der Waals surface area contributed by atoms with Gasteiger partial charge in [-0.1, -0.05) is 116 Å². The Labute approximate surface area is 189 Å². The molecule has 0 aliphatic rings. The molecule has 0 saturated heterocycles. The number of rotatable bonds is 10. The first-order chi connectivity index (χ1) is 13.6. The van der Waals surface area contributed by atoms with Gasteiger partial charge in [-0.3, -0.25) is 0 Å². The van der Waals surface area contributed by atoms with E-state index in [0.29, 0.717) is 13.6 Å². The van der Waals surface area contributed by atoms with Crippen LogP contribution in [0.3, 0.4) is 0 Å². The van der Waals surface area contributed by atoms with E-state index in [-0.39, 0.29) is 21.4 Å². The van der Waals surface area contributed by atoms with E-state index in [1.54, 1.807) is 6.21 Å². The molecule has 0 heterocycles. The minimum absolute atomic E-state index is 0.0855. The van der Waals surface area contributed by atoms with Gasteiger partial charge >= 0.3 is 0 Å². The molecule has 0 radical (unpaired) electrons. The van der Waals surface area contributed by atoms with Crippen molar-refractivity contribution in [2.45, 2.75) is 104 Å². The first-order valence-electron chi connectivity index (χ1n) is 11.8. The SMILES string of the molecule is CCC(C)(CCC(C)(C=N)CB(N(C)C)C(C)(C)C)B(c1ccccc1)C(C)(C)C. The van der Waals surface area contributed by atoms with E-state index in [4.69, 9.17) is 5.41 Å². The lowest BCUT2D eigenvalue weighted by atomic mass is 9.19. The molecule has 1 aromatic carbocycles.